The van der Waals surface area contributed by atoms with Gasteiger partial charge in [0.15, 0.2) is 5.03 Å². The van der Waals surface area contributed by atoms with Crippen LogP contribution >= 0.6 is 0 Å². The monoisotopic (exact) mass is 535 g/mol. The van der Waals surface area contributed by atoms with E-state index in [0.29, 0.717) is 23.5 Å². The largest absolute Gasteiger partial charge is 0.356 e. The van der Waals surface area contributed by atoms with Crippen molar-refractivity contribution in [2.24, 2.45) is 11.8 Å². The van der Waals surface area contributed by atoms with Crippen LogP contribution in [0.3, 0.4) is 0 Å². The van der Waals surface area contributed by atoms with Gasteiger partial charge in [-0.05, 0) is 74.8 Å². The molecule has 2 atom stereocenters. The van der Waals surface area contributed by atoms with E-state index in [-0.39, 0.29) is 17.6 Å². The maximum atomic E-state index is 13.3. The highest BCUT2D eigenvalue weighted by atomic mass is 32.2. The van der Waals surface area contributed by atoms with Crippen molar-refractivity contribution in [3.8, 4) is 0 Å². The number of hydrogen-bond donors (Lipinski definition) is 1. The summed E-state index contributed by atoms with van der Waals surface area (Å²) in [5.41, 5.74) is 1.34. The summed E-state index contributed by atoms with van der Waals surface area (Å²) in [5, 5.41) is -0.171. The van der Waals surface area contributed by atoms with Crippen LogP contribution in [0.4, 0.5) is 11.6 Å². The molecule has 0 bridgehead atoms. The van der Waals surface area contributed by atoms with Gasteiger partial charge in [-0.2, -0.15) is 8.42 Å². The Morgan fingerprint density at radius 3 is 2.61 bits per heavy atom. The molecule has 2 unspecified atom stereocenters. The van der Waals surface area contributed by atoms with E-state index in [0.717, 1.165) is 38.9 Å². The summed E-state index contributed by atoms with van der Waals surface area (Å²) in [6.45, 7) is 8.76. The zero-order valence-electron chi connectivity index (χ0n) is 22.2. The minimum Gasteiger partial charge on any atom is -0.356 e. The van der Waals surface area contributed by atoms with Crippen molar-refractivity contribution in [1.82, 2.24) is 14.7 Å². The third-order valence-electron chi connectivity index (χ3n) is 7.55. The topological polar surface area (TPSA) is 95.5 Å². The van der Waals surface area contributed by atoms with Gasteiger partial charge in [-0.1, -0.05) is 43.3 Å². The first-order chi connectivity index (χ1) is 18.1. The maximum Gasteiger partial charge on any atom is 0.281 e. The first-order valence-corrected chi connectivity index (χ1v) is 14.7. The van der Waals surface area contributed by atoms with E-state index in [2.05, 4.69) is 57.4 Å². The number of pyridine rings is 2. The number of benzene rings is 1. The van der Waals surface area contributed by atoms with E-state index >= 15 is 0 Å². The second-order valence-corrected chi connectivity index (χ2v) is 12.8. The third-order valence-corrected chi connectivity index (χ3v) is 8.78. The summed E-state index contributed by atoms with van der Waals surface area (Å²) in [4.78, 5) is 26.4. The second-order valence-electron chi connectivity index (χ2n) is 11.2. The number of nitrogens with one attached hydrogen (secondary N) is 1. The summed E-state index contributed by atoms with van der Waals surface area (Å²) >= 11 is 0. The molecule has 2 aliphatic heterocycles. The van der Waals surface area contributed by atoms with Crippen LogP contribution in [0.2, 0.25) is 0 Å². The molecular weight excluding hydrogens is 498 g/mol. The van der Waals surface area contributed by atoms with Crippen molar-refractivity contribution < 1.29 is 14.6 Å². The van der Waals surface area contributed by atoms with Crippen molar-refractivity contribution in [2.45, 2.75) is 50.6 Å². The van der Waals surface area contributed by atoms with Crippen LogP contribution in [0, 0.1) is 11.8 Å². The molecule has 0 aliphatic carbocycles. The number of carbonyl (C=O) groups excluding carboxylic acids is 1. The van der Waals surface area contributed by atoms with Gasteiger partial charge in [0.25, 0.3) is 15.9 Å². The molecule has 2 aromatic heterocycles. The number of sulfonamides is 1. The zero-order valence-corrected chi connectivity index (χ0v) is 23.0. The van der Waals surface area contributed by atoms with Gasteiger partial charge in [-0.25, -0.2) is 14.7 Å². The lowest BCUT2D eigenvalue weighted by molar-refractivity contribution is 0.0981. The minimum atomic E-state index is -4.19. The van der Waals surface area contributed by atoms with E-state index in [1.807, 2.05) is 24.3 Å². The van der Waals surface area contributed by atoms with Gasteiger partial charge in [0.2, 0.25) is 0 Å². The number of rotatable bonds is 7. The molecule has 3 aromatic rings. The molecule has 0 spiro atoms. The van der Waals surface area contributed by atoms with E-state index in [9.17, 15) is 13.2 Å². The Balaban J connectivity index is 0.00000353. The van der Waals surface area contributed by atoms with Crippen molar-refractivity contribution in [3.05, 3.63) is 78.0 Å². The Kier molecular flexibility index (Phi) is 7.13. The van der Waals surface area contributed by atoms with Crippen molar-refractivity contribution in [2.75, 3.05) is 29.4 Å². The fourth-order valence-electron chi connectivity index (χ4n) is 5.86. The summed E-state index contributed by atoms with van der Waals surface area (Å²) < 4.78 is 28.7. The van der Waals surface area contributed by atoms with Crippen LogP contribution in [0.1, 0.15) is 51.0 Å². The molecule has 2 fully saturated rings. The summed E-state index contributed by atoms with van der Waals surface area (Å²) in [5.74, 6) is 1.31. The molecule has 38 heavy (non-hydrogen) atoms. The Morgan fingerprint density at radius 1 is 1.08 bits per heavy atom. The average Bonchev–Trinajstić information content (AvgIpc) is 3.47. The van der Waals surface area contributed by atoms with Crippen molar-refractivity contribution in [1.29, 1.82) is 0 Å². The van der Waals surface area contributed by atoms with E-state index in [1.165, 1.54) is 11.6 Å². The molecule has 0 saturated carbocycles. The minimum absolute atomic E-state index is 0. The highest BCUT2D eigenvalue weighted by molar-refractivity contribution is 7.90. The molecule has 8 nitrogen and oxygen atoms in total. The fourth-order valence-corrected chi connectivity index (χ4v) is 6.79. The molecule has 1 aromatic carbocycles. The first-order valence-electron chi connectivity index (χ1n) is 13.2. The van der Waals surface area contributed by atoms with Gasteiger partial charge < -0.3 is 9.80 Å². The molecule has 9 heteroatoms. The summed E-state index contributed by atoms with van der Waals surface area (Å²) in [6.07, 6.45) is 4.58. The molecule has 5 rings (SSSR count). The van der Waals surface area contributed by atoms with Crippen molar-refractivity contribution >= 4 is 27.6 Å². The van der Waals surface area contributed by atoms with Gasteiger partial charge >= 0.3 is 0 Å². The summed E-state index contributed by atoms with van der Waals surface area (Å²) in [6, 6.07) is 18.6. The van der Waals surface area contributed by atoms with Crippen LogP contribution in [0.15, 0.2) is 71.9 Å². The third kappa shape index (κ3) is 5.53. The van der Waals surface area contributed by atoms with Gasteiger partial charge in [-0.15, -0.1) is 0 Å². The van der Waals surface area contributed by atoms with Crippen molar-refractivity contribution in [3.63, 3.8) is 0 Å². The SMILES string of the molecule is CC1CN(c2ncccc2C(=O)NS(=O)(=O)c2cccc(N3CCC(Cc4ccccc4)C3)n2)C(C)(C)C1.[HH]. The number of anilines is 2. The van der Waals surface area contributed by atoms with E-state index in [1.54, 1.807) is 24.4 Å². The molecule has 202 valence electrons. The lowest BCUT2D eigenvalue weighted by atomic mass is 9.97. The normalized spacial score (nSPS) is 21.0. The Bertz CT molecular complexity index is 1420. The van der Waals surface area contributed by atoms with Gasteiger partial charge in [0, 0.05) is 32.8 Å². The Labute approximate surface area is 226 Å². The van der Waals surface area contributed by atoms with Crippen LogP contribution < -0.4 is 14.5 Å². The zero-order chi connectivity index (χ0) is 26.9. The smallest absolute Gasteiger partial charge is 0.281 e. The molecule has 1 amide bonds. The van der Waals surface area contributed by atoms with Crippen LogP contribution in [0.5, 0.6) is 0 Å². The maximum absolute atomic E-state index is 13.3. The standard InChI is InChI=1S/C29H35N5O3S.H2/c1-21-18-29(2,3)34(19-21)27-24(11-8-15-30-27)28(35)32-38(36,37)26-13-7-12-25(31-26)33-16-14-23(20-33)17-22-9-5-4-6-10-22;/h4-13,15,21,23H,14,16-20H2,1-3H3,(H,32,35);1H. The molecule has 0 radical (unpaired) electrons. The van der Waals surface area contributed by atoms with Gasteiger partial charge in [0.1, 0.15) is 11.6 Å². The molecule has 4 heterocycles. The second kappa shape index (κ2) is 10.4. The first kappa shape index (κ1) is 26.2. The molecular formula is C29H37N5O3S. The van der Waals surface area contributed by atoms with Crippen LogP contribution in [-0.2, 0) is 16.4 Å². The highest BCUT2D eigenvalue weighted by Crippen LogP contribution is 2.37. The molecule has 2 saturated heterocycles. The number of nitrogens with zero attached hydrogens (tertiary/aromatic N) is 4. The number of hydrogen-bond acceptors (Lipinski definition) is 7. The highest BCUT2D eigenvalue weighted by Gasteiger charge is 2.39. The van der Waals surface area contributed by atoms with E-state index in [4.69, 9.17) is 0 Å². The molecule has 2 aliphatic rings. The van der Waals surface area contributed by atoms with E-state index < -0.39 is 15.9 Å². The van der Waals surface area contributed by atoms with Crippen LogP contribution in [-0.4, -0.2) is 49.5 Å². The number of amides is 1. The average molecular weight is 536 g/mol. The Morgan fingerprint density at radius 2 is 1.87 bits per heavy atom. The summed E-state index contributed by atoms with van der Waals surface area (Å²) in [7, 11) is -4.19. The quantitative estimate of drug-likeness (QED) is 0.475. The number of aromatic nitrogens is 2. The van der Waals surface area contributed by atoms with Crippen LogP contribution in [0.25, 0.3) is 0 Å². The predicted octanol–water partition coefficient (Wildman–Crippen LogP) is 4.54. The fraction of sp³-hybridized carbons (Fsp3) is 0.414. The van der Waals surface area contributed by atoms with Gasteiger partial charge in [0.05, 0.1) is 5.56 Å². The lowest BCUT2D eigenvalue weighted by Gasteiger charge is -2.33. The lowest BCUT2D eigenvalue weighted by Crippen LogP contribution is -2.41. The predicted molar refractivity (Wildman–Crippen MR) is 151 cm³/mol. The van der Waals surface area contributed by atoms with Gasteiger partial charge in [-0.3, -0.25) is 4.79 Å². The Hall–Kier alpha value is -3.46. The number of carbonyl (C=O) groups is 1. The molecule has 1 N–H and O–H groups in total.